The highest BCUT2D eigenvalue weighted by Crippen LogP contribution is 2.35. The topological polar surface area (TPSA) is 59.1 Å². The van der Waals surface area contributed by atoms with Gasteiger partial charge in [0.1, 0.15) is 6.10 Å². The first kappa shape index (κ1) is 11.3. The van der Waals surface area contributed by atoms with E-state index in [-0.39, 0.29) is 12.0 Å². The van der Waals surface area contributed by atoms with Crippen molar-refractivity contribution in [3.8, 4) is 0 Å². The maximum absolute atomic E-state index is 8.23. The number of ether oxygens (including phenoxy) is 1. The molecule has 1 aliphatic heterocycles. The van der Waals surface area contributed by atoms with E-state index in [1.165, 1.54) is 0 Å². The Morgan fingerprint density at radius 1 is 1.28 bits per heavy atom. The van der Waals surface area contributed by atoms with E-state index in [1.54, 1.807) is 0 Å². The van der Waals surface area contributed by atoms with E-state index in [9.17, 15) is 0 Å². The first-order chi connectivity index (χ1) is 8.77. The van der Waals surface area contributed by atoms with Crippen molar-refractivity contribution in [2.24, 2.45) is 11.7 Å². The second kappa shape index (κ2) is 4.48. The molecule has 1 fully saturated rings. The van der Waals surface area contributed by atoms with Crippen molar-refractivity contribution in [3.63, 3.8) is 0 Å². The van der Waals surface area contributed by atoms with Gasteiger partial charge in [-0.15, -0.1) is 0 Å². The number of hydrogen-bond donors (Lipinski definition) is 2. The van der Waals surface area contributed by atoms with Gasteiger partial charge in [0.15, 0.2) is 5.76 Å². The van der Waals surface area contributed by atoms with Gasteiger partial charge in [-0.1, -0.05) is 24.3 Å². The Morgan fingerprint density at radius 2 is 2.17 bits per heavy atom. The third-order valence-corrected chi connectivity index (χ3v) is 3.79. The summed E-state index contributed by atoms with van der Waals surface area (Å²) in [6.45, 7) is 0. The minimum Gasteiger partial charge on any atom is -0.482 e. The number of rotatable bonds is 1. The number of nitrogens with one attached hydrogen (secondary N) is 1. The fraction of sp³-hybridized carbons (Fsp3) is 0.400. The summed E-state index contributed by atoms with van der Waals surface area (Å²) in [5.74, 6) is 0.783. The van der Waals surface area contributed by atoms with Gasteiger partial charge in [0.2, 0.25) is 0 Å². The lowest BCUT2D eigenvalue weighted by molar-refractivity contribution is 0.164. The second-order valence-electron chi connectivity index (χ2n) is 4.99. The van der Waals surface area contributed by atoms with Crippen molar-refractivity contribution in [1.82, 2.24) is 0 Å². The van der Waals surface area contributed by atoms with Crippen molar-refractivity contribution in [3.05, 3.63) is 47.4 Å². The summed E-state index contributed by atoms with van der Waals surface area (Å²) in [6.07, 6.45) is 14.6. The van der Waals surface area contributed by atoms with Gasteiger partial charge >= 0.3 is 0 Å². The number of fused-ring (bicyclic) bond motifs is 1. The molecular weight excluding hydrogens is 224 g/mol. The van der Waals surface area contributed by atoms with E-state index in [0.717, 1.165) is 31.3 Å². The van der Waals surface area contributed by atoms with E-state index in [1.807, 2.05) is 6.08 Å². The molecule has 2 aliphatic carbocycles. The van der Waals surface area contributed by atoms with Crippen molar-refractivity contribution < 1.29 is 4.74 Å². The number of hydrogen-bond acceptors (Lipinski definition) is 3. The SMILES string of the molecule is N=C1C(=C(N)C2=CCCC=C2)OC2C=CCCC12. The zero-order valence-electron chi connectivity index (χ0n) is 10.4. The largest absolute Gasteiger partial charge is 0.482 e. The van der Waals surface area contributed by atoms with Crippen LogP contribution in [0.1, 0.15) is 25.7 Å². The van der Waals surface area contributed by atoms with E-state index in [4.69, 9.17) is 15.9 Å². The van der Waals surface area contributed by atoms with Gasteiger partial charge in [-0.25, -0.2) is 0 Å². The van der Waals surface area contributed by atoms with Crippen LogP contribution in [-0.2, 0) is 4.74 Å². The predicted molar refractivity (Wildman–Crippen MR) is 72.1 cm³/mol. The zero-order valence-corrected chi connectivity index (χ0v) is 10.4. The molecule has 3 rings (SSSR count). The smallest absolute Gasteiger partial charge is 0.164 e. The molecule has 2 atom stereocenters. The Hall–Kier alpha value is -1.77. The van der Waals surface area contributed by atoms with Crippen LogP contribution < -0.4 is 5.73 Å². The second-order valence-corrected chi connectivity index (χ2v) is 4.99. The van der Waals surface area contributed by atoms with E-state index >= 15 is 0 Å². The van der Waals surface area contributed by atoms with Crippen molar-refractivity contribution in [2.75, 3.05) is 0 Å². The molecule has 1 heterocycles. The monoisotopic (exact) mass is 242 g/mol. The zero-order chi connectivity index (χ0) is 12.5. The van der Waals surface area contributed by atoms with Crippen LogP contribution in [-0.4, -0.2) is 11.8 Å². The molecule has 94 valence electrons. The standard InChI is InChI=1S/C15H18N2O/c16-13(10-6-2-1-3-7-10)15-14(17)11-8-4-5-9-12(11)18-15/h2,5-7,9,11-12,17H,1,3-4,8,16H2. The lowest BCUT2D eigenvalue weighted by Crippen LogP contribution is -2.20. The number of nitrogens with two attached hydrogens (primary N) is 1. The maximum atomic E-state index is 8.23. The van der Waals surface area contributed by atoms with E-state index < -0.39 is 0 Å². The van der Waals surface area contributed by atoms with Crippen LogP contribution in [0, 0.1) is 11.3 Å². The minimum atomic E-state index is 0.0213. The summed E-state index contributed by atoms with van der Waals surface area (Å²) in [4.78, 5) is 0. The van der Waals surface area contributed by atoms with Crippen LogP contribution in [0.25, 0.3) is 0 Å². The highest BCUT2D eigenvalue weighted by atomic mass is 16.5. The van der Waals surface area contributed by atoms with Gasteiger partial charge in [-0.05, 0) is 37.3 Å². The molecular formula is C15H18N2O. The highest BCUT2D eigenvalue weighted by Gasteiger charge is 2.38. The van der Waals surface area contributed by atoms with Crippen LogP contribution in [0.2, 0.25) is 0 Å². The molecule has 3 nitrogen and oxygen atoms in total. The Kier molecular flexibility index (Phi) is 2.82. The molecule has 0 radical (unpaired) electrons. The summed E-state index contributed by atoms with van der Waals surface area (Å²) in [5.41, 5.74) is 8.37. The molecule has 0 aromatic carbocycles. The summed E-state index contributed by atoms with van der Waals surface area (Å²) >= 11 is 0. The van der Waals surface area contributed by atoms with Gasteiger partial charge in [-0.2, -0.15) is 0 Å². The molecule has 2 unspecified atom stereocenters. The highest BCUT2D eigenvalue weighted by molar-refractivity contribution is 6.01. The molecule has 0 amide bonds. The normalized spacial score (nSPS) is 32.9. The summed E-state index contributed by atoms with van der Waals surface area (Å²) < 4.78 is 5.86. The third kappa shape index (κ3) is 1.80. The van der Waals surface area contributed by atoms with Crippen LogP contribution in [0.15, 0.2) is 47.4 Å². The average Bonchev–Trinajstić information content (AvgIpc) is 2.77. The molecule has 1 saturated heterocycles. The summed E-state index contributed by atoms with van der Waals surface area (Å²) in [7, 11) is 0. The molecule has 0 aromatic rings. The average molecular weight is 242 g/mol. The molecule has 0 aromatic heterocycles. The van der Waals surface area contributed by atoms with Gasteiger partial charge in [0.25, 0.3) is 0 Å². The fourth-order valence-corrected chi connectivity index (χ4v) is 2.76. The quantitative estimate of drug-likeness (QED) is 0.695. The van der Waals surface area contributed by atoms with Gasteiger partial charge in [0, 0.05) is 5.92 Å². The van der Waals surface area contributed by atoms with Gasteiger partial charge < -0.3 is 15.9 Å². The maximum Gasteiger partial charge on any atom is 0.164 e. The van der Waals surface area contributed by atoms with Gasteiger partial charge in [-0.3, -0.25) is 0 Å². The molecule has 3 heteroatoms. The van der Waals surface area contributed by atoms with Crippen molar-refractivity contribution in [1.29, 1.82) is 5.41 Å². The summed E-state index contributed by atoms with van der Waals surface area (Å²) in [5, 5.41) is 8.23. The lowest BCUT2D eigenvalue weighted by atomic mass is 9.88. The fourth-order valence-electron chi connectivity index (χ4n) is 2.76. The van der Waals surface area contributed by atoms with Crippen LogP contribution in [0.5, 0.6) is 0 Å². The van der Waals surface area contributed by atoms with Crippen LogP contribution in [0.3, 0.4) is 0 Å². The first-order valence-corrected chi connectivity index (χ1v) is 6.56. The Labute approximate surface area is 107 Å². The molecule has 3 aliphatic rings. The molecule has 0 saturated carbocycles. The molecule has 0 spiro atoms. The summed E-state index contributed by atoms with van der Waals surface area (Å²) in [6, 6.07) is 0. The van der Waals surface area contributed by atoms with Crippen LogP contribution >= 0.6 is 0 Å². The molecule has 0 bridgehead atoms. The predicted octanol–water partition coefficient (Wildman–Crippen LogP) is 2.82. The van der Waals surface area contributed by atoms with Crippen LogP contribution in [0.4, 0.5) is 0 Å². The Morgan fingerprint density at radius 3 is 2.89 bits per heavy atom. The lowest BCUT2D eigenvalue weighted by Gasteiger charge is -2.16. The van der Waals surface area contributed by atoms with Crippen molar-refractivity contribution in [2.45, 2.75) is 31.8 Å². The van der Waals surface area contributed by atoms with Gasteiger partial charge in [0.05, 0.1) is 11.4 Å². The third-order valence-electron chi connectivity index (χ3n) is 3.79. The molecule has 18 heavy (non-hydrogen) atoms. The Balaban J connectivity index is 1.92. The first-order valence-electron chi connectivity index (χ1n) is 6.56. The van der Waals surface area contributed by atoms with E-state index in [2.05, 4.69) is 24.3 Å². The molecule has 3 N–H and O–H groups in total. The Bertz CT molecular complexity index is 497. The number of allylic oxidation sites excluding steroid dienone is 5. The minimum absolute atomic E-state index is 0.0213. The van der Waals surface area contributed by atoms with E-state index in [0.29, 0.717) is 17.2 Å². The van der Waals surface area contributed by atoms with Crippen molar-refractivity contribution >= 4 is 5.71 Å².